The Morgan fingerprint density at radius 1 is 1.09 bits per heavy atom. The average Bonchev–Trinajstić information content (AvgIpc) is 3.45. The second-order valence-corrected chi connectivity index (χ2v) is 8.26. The summed E-state index contributed by atoms with van der Waals surface area (Å²) in [5, 5.41) is 6.06. The van der Waals surface area contributed by atoms with Crippen LogP contribution in [0.25, 0.3) is 33.7 Å². The van der Waals surface area contributed by atoms with Gasteiger partial charge in [-0.1, -0.05) is 18.2 Å². The van der Waals surface area contributed by atoms with Crippen molar-refractivity contribution in [3.8, 4) is 11.5 Å². The summed E-state index contributed by atoms with van der Waals surface area (Å²) in [6.07, 6.45) is 1.73. The van der Waals surface area contributed by atoms with Crippen molar-refractivity contribution in [1.29, 1.82) is 0 Å². The number of aromatic nitrogens is 4. The molecule has 34 heavy (non-hydrogen) atoms. The molecule has 0 radical (unpaired) electrons. The molecule has 9 nitrogen and oxygen atoms in total. The number of nitrogens with one attached hydrogen (secondary N) is 2. The third-order valence-corrected chi connectivity index (χ3v) is 5.70. The lowest BCUT2D eigenvalue weighted by Crippen LogP contribution is -2.23. The van der Waals surface area contributed by atoms with Gasteiger partial charge in [-0.05, 0) is 35.9 Å². The fraction of sp³-hybridized carbons (Fsp3) is 0.200. The van der Waals surface area contributed by atoms with E-state index in [0.29, 0.717) is 35.0 Å². The van der Waals surface area contributed by atoms with Gasteiger partial charge in [0.05, 0.1) is 6.33 Å². The third-order valence-electron chi connectivity index (χ3n) is 5.70. The maximum Gasteiger partial charge on any atom is 0.251 e. The van der Waals surface area contributed by atoms with Crippen LogP contribution in [0.2, 0.25) is 0 Å². The number of hydrogen-bond acceptors (Lipinski definition) is 7. The highest BCUT2D eigenvalue weighted by atomic mass is 16.4. The second kappa shape index (κ2) is 8.51. The van der Waals surface area contributed by atoms with E-state index in [0.717, 1.165) is 27.8 Å². The van der Waals surface area contributed by atoms with E-state index in [1.165, 1.54) is 0 Å². The van der Waals surface area contributed by atoms with Crippen LogP contribution in [0.15, 0.2) is 59.3 Å². The SMILES string of the molecule is CNc1nc2oc(-c3cccc(CNC(=O)c4cccc(N(C)C)c4)c3)nc2c2c1ncn2C. The van der Waals surface area contributed by atoms with Gasteiger partial charge in [-0.25, -0.2) is 9.97 Å². The zero-order valence-electron chi connectivity index (χ0n) is 19.5. The molecule has 9 heteroatoms. The molecule has 2 aromatic carbocycles. The number of carbonyl (C=O) groups is 1. The van der Waals surface area contributed by atoms with E-state index in [2.05, 4.69) is 20.6 Å². The number of pyridine rings is 1. The van der Waals surface area contributed by atoms with Crippen molar-refractivity contribution in [2.45, 2.75) is 6.54 Å². The van der Waals surface area contributed by atoms with Gasteiger partial charge in [0.25, 0.3) is 11.6 Å². The molecule has 1 amide bonds. The number of rotatable bonds is 6. The quantitative estimate of drug-likeness (QED) is 0.401. The van der Waals surface area contributed by atoms with Gasteiger partial charge in [0.15, 0.2) is 11.3 Å². The Kier molecular flexibility index (Phi) is 5.37. The van der Waals surface area contributed by atoms with E-state index < -0.39 is 0 Å². The molecule has 0 aliphatic heterocycles. The van der Waals surface area contributed by atoms with E-state index >= 15 is 0 Å². The van der Waals surface area contributed by atoms with Gasteiger partial charge < -0.3 is 24.5 Å². The summed E-state index contributed by atoms with van der Waals surface area (Å²) in [6.45, 7) is 0.382. The number of amides is 1. The molecular formula is C25H25N7O2. The number of imidazole rings is 1. The van der Waals surface area contributed by atoms with Gasteiger partial charge in [-0.15, -0.1) is 0 Å². The first-order valence-electron chi connectivity index (χ1n) is 10.9. The van der Waals surface area contributed by atoms with Crippen LogP contribution in [-0.2, 0) is 13.6 Å². The molecule has 0 unspecified atom stereocenters. The lowest BCUT2D eigenvalue weighted by atomic mass is 10.1. The molecule has 0 saturated heterocycles. The van der Waals surface area contributed by atoms with Crippen LogP contribution in [-0.4, -0.2) is 46.6 Å². The highest BCUT2D eigenvalue weighted by molar-refractivity contribution is 6.03. The Bertz CT molecular complexity index is 1520. The highest BCUT2D eigenvalue weighted by Gasteiger charge is 2.18. The Hall–Kier alpha value is -4.40. The van der Waals surface area contributed by atoms with E-state index in [1.54, 1.807) is 13.4 Å². The largest absolute Gasteiger partial charge is 0.418 e. The molecule has 0 spiro atoms. The monoisotopic (exact) mass is 455 g/mol. The van der Waals surface area contributed by atoms with Gasteiger partial charge in [0.2, 0.25) is 5.89 Å². The molecule has 2 N–H and O–H groups in total. The van der Waals surface area contributed by atoms with Crippen molar-refractivity contribution in [1.82, 2.24) is 24.8 Å². The lowest BCUT2D eigenvalue weighted by molar-refractivity contribution is 0.0951. The number of nitrogens with zero attached hydrogens (tertiary/aromatic N) is 5. The first-order chi connectivity index (χ1) is 16.4. The van der Waals surface area contributed by atoms with Crippen LogP contribution < -0.4 is 15.5 Å². The summed E-state index contributed by atoms with van der Waals surface area (Å²) in [5.41, 5.74) is 6.03. The molecule has 0 saturated carbocycles. The molecule has 0 aliphatic carbocycles. The summed E-state index contributed by atoms with van der Waals surface area (Å²) in [6, 6.07) is 15.3. The van der Waals surface area contributed by atoms with Crippen molar-refractivity contribution < 1.29 is 9.21 Å². The summed E-state index contributed by atoms with van der Waals surface area (Å²) < 4.78 is 7.93. The minimum Gasteiger partial charge on any atom is -0.418 e. The number of fused-ring (bicyclic) bond motifs is 3. The fourth-order valence-electron chi connectivity index (χ4n) is 3.90. The predicted octanol–water partition coefficient (Wildman–Crippen LogP) is 3.81. The molecule has 5 aromatic rings. The summed E-state index contributed by atoms with van der Waals surface area (Å²) >= 11 is 0. The number of carbonyl (C=O) groups excluding carboxylic acids is 1. The minimum absolute atomic E-state index is 0.127. The van der Waals surface area contributed by atoms with Crippen molar-refractivity contribution in [2.24, 2.45) is 7.05 Å². The Morgan fingerprint density at radius 3 is 2.71 bits per heavy atom. The predicted molar refractivity (Wildman–Crippen MR) is 133 cm³/mol. The molecule has 172 valence electrons. The Balaban J connectivity index is 1.41. The number of hydrogen-bond donors (Lipinski definition) is 2. The standard InChI is InChI=1S/C25H25N7O2/c1-26-22-19-21(32(4)14-28-19)20-25(30-22)34-24(29-20)17-9-5-7-15(11-17)13-27-23(33)16-8-6-10-18(12-16)31(2)3/h5-12,14H,13H2,1-4H3,(H,26,30)(H,27,33). The third kappa shape index (κ3) is 3.81. The number of oxazole rings is 1. The molecule has 0 fully saturated rings. The normalized spacial score (nSPS) is 11.2. The number of benzene rings is 2. The van der Waals surface area contributed by atoms with E-state index in [4.69, 9.17) is 9.40 Å². The summed E-state index contributed by atoms with van der Waals surface area (Å²) in [7, 11) is 7.61. The van der Waals surface area contributed by atoms with Gasteiger partial charge in [0, 0.05) is 51.5 Å². The average molecular weight is 456 g/mol. The van der Waals surface area contributed by atoms with Crippen molar-refractivity contribution in [3.63, 3.8) is 0 Å². The molecule has 5 rings (SSSR count). The molecule has 3 aromatic heterocycles. The second-order valence-electron chi connectivity index (χ2n) is 8.26. The van der Waals surface area contributed by atoms with Crippen LogP contribution in [0.1, 0.15) is 15.9 Å². The van der Waals surface area contributed by atoms with Gasteiger partial charge in [-0.2, -0.15) is 4.98 Å². The first-order valence-corrected chi connectivity index (χ1v) is 10.9. The smallest absolute Gasteiger partial charge is 0.251 e. The van der Waals surface area contributed by atoms with Crippen LogP contribution in [0.3, 0.4) is 0 Å². The van der Waals surface area contributed by atoms with Crippen molar-refractivity contribution >= 4 is 39.7 Å². The van der Waals surface area contributed by atoms with E-state index in [-0.39, 0.29) is 5.91 Å². The van der Waals surface area contributed by atoms with E-state index in [9.17, 15) is 4.79 Å². The molecule has 0 atom stereocenters. The molecular weight excluding hydrogens is 430 g/mol. The number of aryl methyl sites for hydroxylation is 1. The maximum absolute atomic E-state index is 12.7. The molecule has 0 aliphatic rings. The Morgan fingerprint density at radius 2 is 1.91 bits per heavy atom. The maximum atomic E-state index is 12.7. The fourth-order valence-corrected chi connectivity index (χ4v) is 3.90. The highest BCUT2D eigenvalue weighted by Crippen LogP contribution is 2.31. The van der Waals surface area contributed by atoms with Gasteiger partial charge in [-0.3, -0.25) is 4.79 Å². The lowest BCUT2D eigenvalue weighted by Gasteiger charge is -2.13. The zero-order valence-corrected chi connectivity index (χ0v) is 19.5. The van der Waals surface area contributed by atoms with Crippen LogP contribution in [0.4, 0.5) is 11.5 Å². The zero-order chi connectivity index (χ0) is 23.8. The molecule has 3 heterocycles. The van der Waals surface area contributed by atoms with Crippen LogP contribution >= 0.6 is 0 Å². The topological polar surface area (TPSA) is 101 Å². The van der Waals surface area contributed by atoms with Crippen molar-refractivity contribution in [2.75, 3.05) is 31.4 Å². The van der Waals surface area contributed by atoms with Gasteiger partial charge >= 0.3 is 0 Å². The van der Waals surface area contributed by atoms with E-state index in [1.807, 2.05) is 79.1 Å². The van der Waals surface area contributed by atoms with Crippen LogP contribution in [0, 0.1) is 0 Å². The molecule has 0 bridgehead atoms. The Labute approximate surface area is 196 Å². The summed E-state index contributed by atoms with van der Waals surface area (Å²) in [4.78, 5) is 28.3. The summed E-state index contributed by atoms with van der Waals surface area (Å²) in [5.74, 6) is 0.976. The van der Waals surface area contributed by atoms with Crippen molar-refractivity contribution in [3.05, 3.63) is 66.0 Å². The van der Waals surface area contributed by atoms with Gasteiger partial charge in [0.1, 0.15) is 11.0 Å². The van der Waals surface area contributed by atoms with Crippen LogP contribution in [0.5, 0.6) is 0 Å². The number of anilines is 2. The minimum atomic E-state index is -0.127. The first kappa shape index (κ1) is 21.4.